The fourth-order valence-corrected chi connectivity index (χ4v) is 5.29. The Morgan fingerprint density at radius 1 is 1.00 bits per heavy atom. The Kier molecular flexibility index (Phi) is 10.4. The standard InChI is InChI=1S/C26H39N3O4/c30-24(29-33)14-13-19-5-4-6-22(15-19)17-27-16-20-9-11-21(12-10-20)18-28-25(26(31)32)23-7-2-1-3-8-23/h4-6,13-15,20-21,23,25,27-28,33H,1-3,7-12,16-18H2,(H,29,30)(H,31,32)/b14-13+/t20?,21?,25-/m0/s1. The van der Waals surface area contributed by atoms with Gasteiger partial charge in [0.2, 0.25) is 0 Å². The van der Waals surface area contributed by atoms with Crippen molar-refractivity contribution in [3.8, 4) is 0 Å². The first-order valence-corrected chi connectivity index (χ1v) is 12.4. The molecule has 1 aromatic carbocycles. The van der Waals surface area contributed by atoms with Crippen LogP contribution in [0.2, 0.25) is 0 Å². The molecule has 2 fully saturated rings. The second-order valence-electron chi connectivity index (χ2n) is 9.69. The number of carbonyl (C=O) groups is 2. The molecule has 3 rings (SSSR count). The Bertz CT molecular complexity index is 783. The van der Waals surface area contributed by atoms with Crippen LogP contribution in [0.5, 0.6) is 0 Å². The normalized spacial score (nSPS) is 22.8. The van der Waals surface area contributed by atoms with Gasteiger partial charge in [0.05, 0.1) is 0 Å². The molecule has 5 N–H and O–H groups in total. The zero-order valence-corrected chi connectivity index (χ0v) is 19.5. The highest BCUT2D eigenvalue weighted by Gasteiger charge is 2.30. The van der Waals surface area contributed by atoms with E-state index in [1.165, 1.54) is 25.3 Å². The molecule has 0 aromatic heterocycles. The van der Waals surface area contributed by atoms with E-state index < -0.39 is 11.9 Å². The average molecular weight is 458 g/mol. The van der Waals surface area contributed by atoms with Crippen LogP contribution in [0.1, 0.15) is 68.9 Å². The van der Waals surface area contributed by atoms with Crippen LogP contribution in [-0.2, 0) is 16.1 Å². The second kappa shape index (κ2) is 13.5. The smallest absolute Gasteiger partial charge is 0.320 e. The lowest BCUT2D eigenvalue weighted by atomic mass is 9.81. The molecule has 0 saturated heterocycles. The molecule has 0 aliphatic heterocycles. The van der Waals surface area contributed by atoms with E-state index in [1.807, 2.05) is 18.2 Å². The number of aliphatic carboxylic acids is 1. The van der Waals surface area contributed by atoms with Gasteiger partial charge in [-0.2, -0.15) is 0 Å². The first-order valence-electron chi connectivity index (χ1n) is 12.4. The van der Waals surface area contributed by atoms with E-state index >= 15 is 0 Å². The van der Waals surface area contributed by atoms with Gasteiger partial charge in [-0.1, -0.05) is 43.5 Å². The minimum Gasteiger partial charge on any atom is -0.480 e. The fourth-order valence-electron chi connectivity index (χ4n) is 5.29. The van der Waals surface area contributed by atoms with Gasteiger partial charge in [0, 0.05) is 12.6 Å². The third-order valence-electron chi connectivity index (χ3n) is 7.23. The van der Waals surface area contributed by atoms with Gasteiger partial charge in [0.15, 0.2) is 0 Å². The lowest BCUT2D eigenvalue weighted by Crippen LogP contribution is -2.45. The molecule has 1 amide bonds. The Morgan fingerprint density at radius 2 is 1.70 bits per heavy atom. The summed E-state index contributed by atoms with van der Waals surface area (Å²) in [5.74, 6) is 0.294. The molecular formula is C26H39N3O4. The van der Waals surface area contributed by atoms with Crippen LogP contribution < -0.4 is 16.1 Å². The van der Waals surface area contributed by atoms with Gasteiger partial charge in [-0.15, -0.1) is 0 Å². The van der Waals surface area contributed by atoms with Crippen molar-refractivity contribution in [1.82, 2.24) is 16.1 Å². The number of carbonyl (C=O) groups excluding carboxylic acids is 1. The predicted molar refractivity (Wildman–Crippen MR) is 129 cm³/mol. The Balaban J connectivity index is 1.35. The van der Waals surface area contributed by atoms with Crippen molar-refractivity contribution in [1.29, 1.82) is 0 Å². The highest BCUT2D eigenvalue weighted by atomic mass is 16.5. The molecule has 7 heteroatoms. The van der Waals surface area contributed by atoms with Crippen molar-refractivity contribution in [2.45, 2.75) is 70.4 Å². The van der Waals surface area contributed by atoms with Crippen molar-refractivity contribution in [3.05, 3.63) is 41.5 Å². The SMILES string of the molecule is O=C(/C=C/c1cccc(CNCC2CCC(CN[C@H](C(=O)O)C3CCCCC3)CC2)c1)NO. The Hall–Kier alpha value is -2.22. The molecule has 0 bridgehead atoms. The summed E-state index contributed by atoms with van der Waals surface area (Å²) in [6.07, 6.45) is 13.3. The van der Waals surface area contributed by atoms with Gasteiger partial charge < -0.3 is 15.7 Å². The van der Waals surface area contributed by atoms with E-state index in [9.17, 15) is 14.7 Å². The molecule has 0 heterocycles. The molecule has 2 aliphatic carbocycles. The van der Waals surface area contributed by atoms with Gasteiger partial charge in [-0.3, -0.25) is 14.8 Å². The number of carboxylic acids is 1. The Labute approximate surface area is 197 Å². The van der Waals surface area contributed by atoms with Gasteiger partial charge in [-0.05, 0) is 86.6 Å². The lowest BCUT2D eigenvalue weighted by Gasteiger charge is -2.32. The van der Waals surface area contributed by atoms with E-state index in [4.69, 9.17) is 5.21 Å². The second-order valence-corrected chi connectivity index (χ2v) is 9.69. The zero-order chi connectivity index (χ0) is 23.5. The molecule has 33 heavy (non-hydrogen) atoms. The van der Waals surface area contributed by atoms with Crippen LogP contribution in [0.3, 0.4) is 0 Å². The number of hydroxylamine groups is 1. The molecular weight excluding hydrogens is 418 g/mol. The molecule has 0 spiro atoms. The van der Waals surface area contributed by atoms with E-state index in [0.717, 1.165) is 69.3 Å². The number of rotatable bonds is 11. The van der Waals surface area contributed by atoms with E-state index in [-0.39, 0.29) is 12.0 Å². The van der Waals surface area contributed by atoms with Crippen molar-refractivity contribution >= 4 is 18.0 Å². The number of benzene rings is 1. The van der Waals surface area contributed by atoms with Crippen LogP contribution in [0.15, 0.2) is 30.3 Å². The summed E-state index contributed by atoms with van der Waals surface area (Å²) in [5.41, 5.74) is 3.66. The van der Waals surface area contributed by atoms with Gasteiger partial charge in [0.25, 0.3) is 5.91 Å². The maximum absolute atomic E-state index is 11.8. The summed E-state index contributed by atoms with van der Waals surface area (Å²) in [7, 11) is 0. The summed E-state index contributed by atoms with van der Waals surface area (Å²) >= 11 is 0. The molecule has 0 radical (unpaired) electrons. The molecule has 1 atom stereocenters. The topological polar surface area (TPSA) is 111 Å². The first kappa shape index (κ1) is 25.4. The van der Waals surface area contributed by atoms with Gasteiger partial charge in [-0.25, -0.2) is 5.48 Å². The maximum Gasteiger partial charge on any atom is 0.320 e. The molecule has 7 nitrogen and oxygen atoms in total. The highest BCUT2D eigenvalue weighted by Crippen LogP contribution is 2.30. The number of amides is 1. The van der Waals surface area contributed by atoms with Gasteiger partial charge in [0.1, 0.15) is 6.04 Å². The van der Waals surface area contributed by atoms with Crippen molar-refractivity contribution in [2.75, 3.05) is 13.1 Å². The van der Waals surface area contributed by atoms with Crippen LogP contribution in [0.25, 0.3) is 6.08 Å². The fraction of sp³-hybridized carbons (Fsp3) is 0.615. The molecule has 1 aromatic rings. The minimum atomic E-state index is -0.684. The first-order chi connectivity index (χ1) is 16.0. The minimum absolute atomic E-state index is 0.289. The van der Waals surface area contributed by atoms with Crippen LogP contribution in [0.4, 0.5) is 0 Å². The summed E-state index contributed by atoms with van der Waals surface area (Å²) in [6.45, 7) is 2.58. The molecule has 2 aliphatic rings. The molecule has 182 valence electrons. The van der Waals surface area contributed by atoms with Crippen LogP contribution in [-0.4, -0.2) is 41.3 Å². The van der Waals surface area contributed by atoms with E-state index in [2.05, 4.69) is 16.7 Å². The average Bonchev–Trinajstić information content (AvgIpc) is 2.84. The summed E-state index contributed by atoms with van der Waals surface area (Å²) in [5, 5.41) is 25.2. The highest BCUT2D eigenvalue weighted by molar-refractivity contribution is 5.90. The predicted octanol–water partition coefficient (Wildman–Crippen LogP) is 3.72. The third-order valence-corrected chi connectivity index (χ3v) is 7.23. The maximum atomic E-state index is 11.8. The quantitative estimate of drug-likeness (QED) is 0.197. The molecule has 0 unspecified atom stereocenters. The summed E-state index contributed by atoms with van der Waals surface area (Å²) in [4.78, 5) is 22.9. The summed E-state index contributed by atoms with van der Waals surface area (Å²) in [6, 6.07) is 7.59. The van der Waals surface area contributed by atoms with E-state index in [1.54, 1.807) is 11.6 Å². The van der Waals surface area contributed by atoms with Crippen molar-refractivity contribution in [2.24, 2.45) is 17.8 Å². The number of hydrogen-bond donors (Lipinski definition) is 5. The largest absolute Gasteiger partial charge is 0.480 e. The molecule has 2 saturated carbocycles. The number of hydrogen-bond acceptors (Lipinski definition) is 5. The van der Waals surface area contributed by atoms with Crippen LogP contribution in [0, 0.1) is 17.8 Å². The van der Waals surface area contributed by atoms with Crippen molar-refractivity contribution < 1.29 is 19.9 Å². The zero-order valence-electron chi connectivity index (χ0n) is 19.5. The van der Waals surface area contributed by atoms with Crippen LogP contribution >= 0.6 is 0 Å². The van der Waals surface area contributed by atoms with Crippen molar-refractivity contribution in [3.63, 3.8) is 0 Å². The lowest BCUT2D eigenvalue weighted by molar-refractivity contribution is -0.141. The monoisotopic (exact) mass is 457 g/mol. The number of nitrogens with one attached hydrogen (secondary N) is 3. The van der Waals surface area contributed by atoms with E-state index in [0.29, 0.717) is 11.8 Å². The third kappa shape index (κ3) is 8.57. The van der Waals surface area contributed by atoms with Gasteiger partial charge >= 0.3 is 5.97 Å². The number of carboxylic acid groups (broad SMARTS) is 1. The summed E-state index contributed by atoms with van der Waals surface area (Å²) < 4.78 is 0. The Morgan fingerprint density at radius 3 is 2.36 bits per heavy atom.